The number of anilines is 3. The first-order valence-electron chi connectivity index (χ1n) is 10.6. The van der Waals surface area contributed by atoms with Gasteiger partial charge in [-0.15, -0.1) is 0 Å². The third-order valence-electron chi connectivity index (χ3n) is 5.21. The van der Waals surface area contributed by atoms with E-state index >= 15 is 0 Å². The normalized spacial score (nSPS) is 12.2. The van der Waals surface area contributed by atoms with Crippen LogP contribution in [0.1, 0.15) is 15.9 Å². The molecule has 1 aliphatic heterocycles. The van der Waals surface area contributed by atoms with Crippen LogP contribution >= 0.6 is 0 Å². The average Bonchev–Trinajstić information content (AvgIpc) is 2.85. The summed E-state index contributed by atoms with van der Waals surface area (Å²) in [6.07, 6.45) is 1.52. The highest BCUT2D eigenvalue weighted by molar-refractivity contribution is 6.05. The first-order valence-corrected chi connectivity index (χ1v) is 10.6. The molecule has 0 fully saturated rings. The van der Waals surface area contributed by atoms with Gasteiger partial charge in [-0.05, 0) is 37.3 Å². The Morgan fingerprint density at radius 1 is 0.848 bits per heavy atom. The molecule has 0 saturated heterocycles. The van der Waals surface area contributed by atoms with Crippen molar-refractivity contribution in [3.8, 4) is 22.8 Å². The Balaban J connectivity index is 1.31. The summed E-state index contributed by atoms with van der Waals surface area (Å²) in [5.41, 5.74) is 4.93. The van der Waals surface area contributed by atoms with Crippen LogP contribution < -0.4 is 20.1 Å². The van der Waals surface area contributed by atoms with Gasteiger partial charge < -0.3 is 20.1 Å². The van der Waals surface area contributed by atoms with E-state index < -0.39 is 0 Å². The molecule has 0 spiro atoms. The lowest BCUT2D eigenvalue weighted by Gasteiger charge is -2.19. The Kier molecular flexibility index (Phi) is 5.59. The van der Waals surface area contributed by atoms with Crippen molar-refractivity contribution in [3.05, 3.63) is 90.3 Å². The topological polar surface area (TPSA) is 85.4 Å². The van der Waals surface area contributed by atoms with Gasteiger partial charge in [0.05, 0.1) is 5.69 Å². The molecule has 33 heavy (non-hydrogen) atoms. The lowest BCUT2D eigenvalue weighted by atomic mass is 10.1. The number of rotatable bonds is 5. The second-order valence-corrected chi connectivity index (χ2v) is 7.67. The van der Waals surface area contributed by atoms with Gasteiger partial charge in [0.15, 0.2) is 11.5 Å². The van der Waals surface area contributed by atoms with Crippen LogP contribution in [-0.4, -0.2) is 29.1 Å². The van der Waals surface area contributed by atoms with Gasteiger partial charge >= 0.3 is 0 Å². The molecule has 2 N–H and O–H groups in total. The highest BCUT2D eigenvalue weighted by atomic mass is 16.6. The number of amides is 1. The molecular formula is C26H22N4O3. The summed E-state index contributed by atoms with van der Waals surface area (Å²) in [7, 11) is 0. The molecule has 0 bridgehead atoms. The molecule has 164 valence electrons. The quantitative estimate of drug-likeness (QED) is 0.444. The number of benzene rings is 3. The zero-order valence-corrected chi connectivity index (χ0v) is 18.0. The van der Waals surface area contributed by atoms with Crippen LogP contribution in [0.25, 0.3) is 11.3 Å². The fourth-order valence-corrected chi connectivity index (χ4v) is 3.52. The molecule has 0 radical (unpaired) electrons. The van der Waals surface area contributed by atoms with E-state index in [9.17, 15) is 4.79 Å². The SMILES string of the molecule is Cc1ccc(-c2cc(Nc3cccc(C(=O)Nc4ccc5c(c4)OCCO5)c3)ncn2)cc1. The molecular weight excluding hydrogens is 416 g/mol. The van der Waals surface area contributed by atoms with E-state index in [1.807, 2.05) is 49.4 Å². The highest BCUT2D eigenvalue weighted by Gasteiger charge is 2.14. The van der Waals surface area contributed by atoms with Gasteiger partial charge in [-0.2, -0.15) is 0 Å². The van der Waals surface area contributed by atoms with Crippen molar-refractivity contribution in [3.63, 3.8) is 0 Å². The Labute approximate surface area is 191 Å². The smallest absolute Gasteiger partial charge is 0.255 e. The first kappa shape index (κ1) is 20.5. The fourth-order valence-electron chi connectivity index (χ4n) is 3.52. The van der Waals surface area contributed by atoms with Crippen molar-refractivity contribution in [2.24, 2.45) is 0 Å². The van der Waals surface area contributed by atoms with Crippen LogP contribution in [0.15, 0.2) is 79.1 Å². The van der Waals surface area contributed by atoms with E-state index in [1.165, 1.54) is 11.9 Å². The third-order valence-corrected chi connectivity index (χ3v) is 5.21. The zero-order valence-electron chi connectivity index (χ0n) is 18.0. The minimum Gasteiger partial charge on any atom is -0.486 e. The molecule has 7 heteroatoms. The standard InChI is InChI=1S/C26H22N4O3/c1-17-5-7-18(8-6-17)22-15-25(28-16-27-22)29-20-4-2-3-19(13-20)26(31)30-21-9-10-23-24(14-21)33-12-11-32-23/h2-10,13-16H,11-12H2,1H3,(H,30,31)(H,27,28,29). The van der Waals surface area contributed by atoms with E-state index in [2.05, 4.69) is 20.6 Å². The number of nitrogens with one attached hydrogen (secondary N) is 2. The monoisotopic (exact) mass is 438 g/mol. The van der Waals surface area contributed by atoms with Gasteiger partial charge in [0.2, 0.25) is 0 Å². The maximum absolute atomic E-state index is 12.8. The summed E-state index contributed by atoms with van der Waals surface area (Å²) in [5.74, 6) is 1.73. The van der Waals surface area contributed by atoms with Crippen molar-refractivity contribution >= 4 is 23.1 Å². The van der Waals surface area contributed by atoms with Gasteiger partial charge in [-0.3, -0.25) is 4.79 Å². The number of carbonyl (C=O) groups excluding carboxylic acids is 1. The first-order chi connectivity index (χ1) is 16.1. The maximum Gasteiger partial charge on any atom is 0.255 e. The molecule has 5 rings (SSSR count). The number of fused-ring (bicyclic) bond motifs is 1. The van der Waals surface area contributed by atoms with E-state index in [1.54, 1.807) is 30.3 Å². The number of aromatic nitrogens is 2. The minimum absolute atomic E-state index is 0.224. The van der Waals surface area contributed by atoms with Crippen LogP contribution in [0.4, 0.5) is 17.2 Å². The Morgan fingerprint density at radius 2 is 1.67 bits per heavy atom. The Bertz CT molecular complexity index is 1310. The predicted molar refractivity (Wildman–Crippen MR) is 127 cm³/mol. The minimum atomic E-state index is -0.224. The van der Waals surface area contributed by atoms with E-state index in [4.69, 9.17) is 9.47 Å². The molecule has 2 heterocycles. The van der Waals surface area contributed by atoms with Crippen LogP contribution in [-0.2, 0) is 0 Å². The molecule has 0 aliphatic carbocycles. The van der Waals surface area contributed by atoms with E-state index in [-0.39, 0.29) is 5.91 Å². The largest absolute Gasteiger partial charge is 0.486 e. The molecule has 1 aliphatic rings. The molecule has 1 aromatic heterocycles. The second-order valence-electron chi connectivity index (χ2n) is 7.67. The number of hydrogen-bond donors (Lipinski definition) is 2. The number of ether oxygens (including phenoxy) is 2. The summed E-state index contributed by atoms with van der Waals surface area (Å²) in [4.78, 5) is 21.5. The van der Waals surface area contributed by atoms with E-state index in [0.29, 0.717) is 41.8 Å². The van der Waals surface area contributed by atoms with Crippen molar-refractivity contribution in [1.29, 1.82) is 0 Å². The third kappa shape index (κ3) is 4.77. The predicted octanol–water partition coefficient (Wildman–Crippen LogP) is 5.22. The Morgan fingerprint density at radius 3 is 2.52 bits per heavy atom. The summed E-state index contributed by atoms with van der Waals surface area (Å²) in [6.45, 7) is 3.07. The van der Waals surface area contributed by atoms with Crippen LogP contribution in [0.2, 0.25) is 0 Å². The van der Waals surface area contributed by atoms with Gasteiger partial charge in [-0.1, -0.05) is 35.9 Å². The van der Waals surface area contributed by atoms with Gasteiger partial charge in [0, 0.05) is 34.6 Å². The molecule has 7 nitrogen and oxygen atoms in total. The van der Waals surface area contributed by atoms with Crippen LogP contribution in [0.5, 0.6) is 11.5 Å². The number of carbonyl (C=O) groups is 1. The lowest BCUT2D eigenvalue weighted by molar-refractivity contribution is 0.102. The van der Waals surface area contributed by atoms with Crippen molar-refractivity contribution in [1.82, 2.24) is 9.97 Å². The number of hydrogen-bond acceptors (Lipinski definition) is 6. The van der Waals surface area contributed by atoms with Crippen molar-refractivity contribution in [2.75, 3.05) is 23.8 Å². The van der Waals surface area contributed by atoms with Gasteiger partial charge in [0.1, 0.15) is 25.4 Å². The van der Waals surface area contributed by atoms with Crippen LogP contribution in [0, 0.1) is 6.92 Å². The molecule has 4 aromatic rings. The van der Waals surface area contributed by atoms with Gasteiger partial charge in [-0.25, -0.2) is 9.97 Å². The molecule has 0 saturated carbocycles. The van der Waals surface area contributed by atoms with Crippen molar-refractivity contribution in [2.45, 2.75) is 6.92 Å². The Hall–Kier alpha value is -4.39. The summed E-state index contributed by atoms with van der Waals surface area (Å²) >= 11 is 0. The summed E-state index contributed by atoms with van der Waals surface area (Å²) in [5, 5.41) is 6.16. The lowest BCUT2D eigenvalue weighted by Crippen LogP contribution is -2.16. The summed E-state index contributed by atoms with van der Waals surface area (Å²) in [6, 6.07) is 22.6. The zero-order chi connectivity index (χ0) is 22.6. The second kappa shape index (κ2) is 9.00. The molecule has 0 unspecified atom stereocenters. The van der Waals surface area contributed by atoms with E-state index in [0.717, 1.165) is 16.9 Å². The number of aryl methyl sites for hydroxylation is 1. The highest BCUT2D eigenvalue weighted by Crippen LogP contribution is 2.32. The van der Waals surface area contributed by atoms with Crippen LogP contribution in [0.3, 0.4) is 0 Å². The van der Waals surface area contributed by atoms with Gasteiger partial charge in [0.25, 0.3) is 5.91 Å². The average molecular weight is 438 g/mol. The fraction of sp³-hybridized carbons (Fsp3) is 0.115. The molecule has 3 aromatic carbocycles. The maximum atomic E-state index is 12.8. The number of nitrogens with zero attached hydrogens (tertiary/aromatic N) is 2. The molecule has 1 amide bonds. The summed E-state index contributed by atoms with van der Waals surface area (Å²) < 4.78 is 11.1. The molecule has 0 atom stereocenters. The van der Waals surface area contributed by atoms with Crippen molar-refractivity contribution < 1.29 is 14.3 Å².